The topological polar surface area (TPSA) is 73.5 Å². The van der Waals surface area contributed by atoms with Crippen molar-refractivity contribution in [2.45, 2.75) is 32.2 Å². The van der Waals surface area contributed by atoms with Crippen molar-refractivity contribution in [3.63, 3.8) is 0 Å². The van der Waals surface area contributed by atoms with E-state index in [9.17, 15) is 9.59 Å². The molecule has 0 unspecified atom stereocenters. The van der Waals surface area contributed by atoms with Gasteiger partial charge in [-0.25, -0.2) is 5.43 Å². The molecule has 1 rings (SSSR count). The number of nitrogens with one attached hydrogen (secondary N) is 3. The fraction of sp³-hybridized carbons (Fsp3) is 0.529. The van der Waals surface area contributed by atoms with Crippen LogP contribution in [0.15, 0.2) is 30.3 Å². The number of unbranched alkanes of at least 4 members (excludes halogenated alkanes) is 2. The Labute approximate surface area is 138 Å². The molecule has 0 aliphatic carbocycles. The van der Waals surface area contributed by atoms with Gasteiger partial charge in [0.2, 0.25) is 11.8 Å². The lowest BCUT2D eigenvalue weighted by molar-refractivity contribution is -0.123. The highest BCUT2D eigenvalue weighted by Crippen LogP contribution is 1.99. The molecule has 128 valence electrons. The maximum Gasteiger partial charge on any atom is 0.234 e. The molecule has 0 bridgehead atoms. The maximum absolute atomic E-state index is 11.6. The Bertz CT molecular complexity index is 463. The number of nitrogens with zero attached hydrogens (tertiary/aromatic N) is 1. The van der Waals surface area contributed by atoms with E-state index >= 15 is 0 Å². The first-order chi connectivity index (χ1) is 11.1. The summed E-state index contributed by atoms with van der Waals surface area (Å²) in [6.45, 7) is 1.69. The van der Waals surface area contributed by atoms with Crippen molar-refractivity contribution in [2.75, 3.05) is 27.2 Å². The van der Waals surface area contributed by atoms with Crippen LogP contribution in [0.4, 0.5) is 0 Å². The first-order valence-corrected chi connectivity index (χ1v) is 8.05. The Morgan fingerprint density at radius 3 is 2.43 bits per heavy atom. The van der Waals surface area contributed by atoms with Crippen molar-refractivity contribution < 1.29 is 9.59 Å². The van der Waals surface area contributed by atoms with Gasteiger partial charge in [-0.05, 0) is 32.5 Å². The van der Waals surface area contributed by atoms with Crippen molar-refractivity contribution >= 4 is 11.8 Å². The molecule has 0 fully saturated rings. The summed E-state index contributed by atoms with van der Waals surface area (Å²) < 4.78 is 0. The van der Waals surface area contributed by atoms with E-state index in [4.69, 9.17) is 0 Å². The Kier molecular flexibility index (Phi) is 9.66. The van der Waals surface area contributed by atoms with Crippen molar-refractivity contribution in [1.29, 1.82) is 0 Å². The maximum atomic E-state index is 11.6. The third-order valence-corrected chi connectivity index (χ3v) is 3.23. The van der Waals surface area contributed by atoms with Gasteiger partial charge in [-0.2, -0.15) is 0 Å². The molecule has 0 saturated heterocycles. The van der Waals surface area contributed by atoms with Crippen LogP contribution in [0.25, 0.3) is 0 Å². The quantitative estimate of drug-likeness (QED) is 0.421. The van der Waals surface area contributed by atoms with Gasteiger partial charge in [0.15, 0.2) is 0 Å². The molecule has 0 aliphatic heterocycles. The summed E-state index contributed by atoms with van der Waals surface area (Å²) in [6, 6.07) is 9.91. The van der Waals surface area contributed by atoms with Crippen LogP contribution in [0, 0.1) is 0 Å². The smallest absolute Gasteiger partial charge is 0.234 e. The van der Waals surface area contributed by atoms with E-state index in [0.29, 0.717) is 26.1 Å². The van der Waals surface area contributed by atoms with E-state index in [1.54, 1.807) is 0 Å². The highest BCUT2D eigenvalue weighted by molar-refractivity contribution is 5.77. The number of carbonyl (C=O) groups excluding carboxylic acids is 2. The van der Waals surface area contributed by atoms with Gasteiger partial charge in [0.1, 0.15) is 0 Å². The van der Waals surface area contributed by atoms with E-state index in [1.807, 2.05) is 49.3 Å². The van der Waals surface area contributed by atoms with Crippen LogP contribution in [0.5, 0.6) is 0 Å². The average Bonchev–Trinajstić information content (AvgIpc) is 2.51. The standard InChI is InChI=1S/C17H28N4O2/c1-21(2)14-17(23)18-12-8-4-7-11-16(22)20-19-13-15-9-5-3-6-10-15/h3,5-6,9-10,19H,4,7-8,11-14H2,1-2H3,(H,18,23)(H,20,22). The van der Waals surface area contributed by atoms with Gasteiger partial charge >= 0.3 is 0 Å². The lowest BCUT2D eigenvalue weighted by Gasteiger charge is -2.10. The minimum absolute atomic E-state index is 0.00225. The lowest BCUT2D eigenvalue weighted by Crippen LogP contribution is -2.36. The van der Waals surface area contributed by atoms with Gasteiger partial charge in [-0.3, -0.25) is 15.0 Å². The van der Waals surface area contributed by atoms with E-state index in [0.717, 1.165) is 24.8 Å². The first-order valence-electron chi connectivity index (χ1n) is 8.05. The molecule has 0 spiro atoms. The second-order valence-corrected chi connectivity index (χ2v) is 5.79. The summed E-state index contributed by atoms with van der Waals surface area (Å²) >= 11 is 0. The van der Waals surface area contributed by atoms with Crippen LogP contribution in [-0.2, 0) is 16.1 Å². The molecule has 0 saturated carbocycles. The summed E-state index contributed by atoms with van der Waals surface area (Å²) in [5.41, 5.74) is 6.75. The van der Waals surface area contributed by atoms with Crippen LogP contribution in [0.2, 0.25) is 0 Å². The van der Waals surface area contributed by atoms with Crippen molar-refractivity contribution in [3.8, 4) is 0 Å². The lowest BCUT2D eigenvalue weighted by atomic mass is 10.2. The van der Waals surface area contributed by atoms with Gasteiger partial charge in [0.05, 0.1) is 6.54 Å². The highest BCUT2D eigenvalue weighted by atomic mass is 16.2. The number of likely N-dealkylation sites (N-methyl/N-ethyl adjacent to an activating group) is 1. The number of rotatable bonds is 11. The van der Waals surface area contributed by atoms with Crippen molar-refractivity contribution in [1.82, 2.24) is 21.1 Å². The third kappa shape index (κ3) is 10.4. The van der Waals surface area contributed by atoms with E-state index in [1.165, 1.54) is 0 Å². The molecule has 3 N–H and O–H groups in total. The molecule has 23 heavy (non-hydrogen) atoms. The molecular weight excluding hydrogens is 292 g/mol. The van der Waals surface area contributed by atoms with E-state index in [2.05, 4.69) is 16.2 Å². The second kappa shape index (κ2) is 11.6. The number of hydrogen-bond donors (Lipinski definition) is 3. The molecule has 0 radical (unpaired) electrons. The largest absolute Gasteiger partial charge is 0.355 e. The van der Waals surface area contributed by atoms with Crippen LogP contribution in [0.1, 0.15) is 31.2 Å². The summed E-state index contributed by atoms with van der Waals surface area (Å²) in [5, 5.41) is 2.86. The third-order valence-electron chi connectivity index (χ3n) is 3.23. The summed E-state index contributed by atoms with van der Waals surface area (Å²) in [5.74, 6) is 0.0374. The van der Waals surface area contributed by atoms with Gasteiger partial charge in [0.25, 0.3) is 0 Å². The zero-order chi connectivity index (χ0) is 16.9. The zero-order valence-corrected chi connectivity index (χ0v) is 14.1. The molecule has 6 heteroatoms. The Balaban J connectivity index is 1.95. The molecule has 0 heterocycles. The highest BCUT2D eigenvalue weighted by Gasteiger charge is 2.03. The van der Waals surface area contributed by atoms with E-state index in [-0.39, 0.29) is 11.8 Å². The summed E-state index contributed by atoms with van der Waals surface area (Å²) in [4.78, 5) is 24.9. The number of carbonyl (C=O) groups is 2. The minimum atomic E-state index is -0.00225. The van der Waals surface area contributed by atoms with E-state index < -0.39 is 0 Å². The predicted octanol–water partition coefficient (Wildman–Crippen LogP) is 1.05. The van der Waals surface area contributed by atoms with Crippen LogP contribution >= 0.6 is 0 Å². The van der Waals surface area contributed by atoms with Crippen LogP contribution in [0.3, 0.4) is 0 Å². The molecule has 0 aliphatic rings. The Hall–Kier alpha value is -1.92. The van der Waals surface area contributed by atoms with Gasteiger partial charge < -0.3 is 10.2 Å². The monoisotopic (exact) mass is 320 g/mol. The second-order valence-electron chi connectivity index (χ2n) is 5.79. The van der Waals surface area contributed by atoms with Crippen LogP contribution in [-0.4, -0.2) is 43.9 Å². The number of hydrazine groups is 1. The Morgan fingerprint density at radius 1 is 1.00 bits per heavy atom. The molecule has 1 aromatic carbocycles. The van der Waals surface area contributed by atoms with Crippen LogP contribution < -0.4 is 16.2 Å². The minimum Gasteiger partial charge on any atom is -0.355 e. The molecular formula is C17H28N4O2. The summed E-state index contributed by atoms with van der Waals surface area (Å²) in [7, 11) is 3.73. The number of benzene rings is 1. The van der Waals surface area contributed by atoms with Crippen molar-refractivity contribution in [2.24, 2.45) is 0 Å². The zero-order valence-electron chi connectivity index (χ0n) is 14.1. The first kappa shape index (κ1) is 19.1. The fourth-order valence-electron chi connectivity index (χ4n) is 2.06. The molecule has 6 nitrogen and oxygen atoms in total. The molecule has 0 aromatic heterocycles. The van der Waals surface area contributed by atoms with Gasteiger partial charge in [-0.15, -0.1) is 0 Å². The normalized spacial score (nSPS) is 10.6. The molecule has 2 amide bonds. The summed E-state index contributed by atoms with van der Waals surface area (Å²) in [6.07, 6.45) is 3.13. The van der Waals surface area contributed by atoms with Gasteiger partial charge in [-0.1, -0.05) is 36.8 Å². The average molecular weight is 320 g/mol. The number of hydrogen-bond acceptors (Lipinski definition) is 4. The van der Waals surface area contributed by atoms with Gasteiger partial charge in [0, 0.05) is 19.5 Å². The fourth-order valence-corrected chi connectivity index (χ4v) is 2.06. The van der Waals surface area contributed by atoms with Crippen molar-refractivity contribution in [3.05, 3.63) is 35.9 Å². The predicted molar refractivity (Wildman–Crippen MR) is 91.5 cm³/mol. The SMILES string of the molecule is CN(C)CC(=O)NCCCCCC(=O)NNCc1ccccc1. The Morgan fingerprint density at radius 2 is 1.74 bits per heavy atom. The molecule has 0 atom stereocenters. The molecule has 1 aromatic rings. The number of amides is 2.